The van der Waals surface area contributed by atoms with Crippen LogP contribution in [0.15, 0.2) is 42.5 Å². The van der Waals surface area contributed by atoms with Gasteiger partial charge in [0.2, 0.25) is 5.82 Å². The summed E-state index contributed by atoms with van der Waals surface area (Å²) in [7, 11) is 0. The van der Waals surface area contributed by atoms with Crippen LogP contribution in [0.4, 0.5) is 13.2 Å². The van der Waals surface area contributed by atoms with Gasteiger partial charge in [-0.25, -0.2) is 0 Å². The van der Waals surface area contributed by atoms with Gasteiger partial charge in [-0.3, -0.25) is 4.79 Å². The number of aliphatic hydroxyl groups is 1. The number of rotatable bonds is 7. The van der Waals surface area contributed by atoms with Crippen molar-refractivity contribution in [3.05, 3.63) is 70.5 Å². The zero-order chi connectivity index (χ0) is 27.1. The molecule has 11 heteroatoms. The summed E-state index contributed by atoms with van der Waals surface area (Å²) in [5, 5.41) is 27.7. The first kappa shape index (κ1) is 25.9. The summed E-state index contributed by atoms with van der Waals surface area (Å²) in [4.78, 5) is 13.5. The Labute approximate surface area is 217 Å². The van der Waals surface area contributed by atoms with Crippen molar-refractivity contribution >= 4 is 17.1 Å². The van der Waals surface area contributed by atoms with Crippen LogP contribution in [0.1, 0.15) is 67.6 Å². The normalized spacial score (nSPS) is 19.6. The molecule has 0 saturated heterocycles. The third-order valence-corrected chi connectivity index (χ3v) is 7.16. The number of fused-ring (bicyclic) bond motifs is 2. The summed E-state index contributed by atoms with van der Waals surface area (Å²) < 4.78 is 42.8. The first-order chi connectivity index (χ1) is 18.0. The van der Waals surface area contributed by atoms with Crippen molar-refractivity contribution in [2.75, 3.05) is 6.61 Å². The largest absolute Gasteiger partial charge is 0.494 e. The van der Waals surface area contributed by atoms with Gasteiger partial charge in [0, 0.05) is 12.8 Å². The molecule has 1 atom stereocenters. The van der Waals surface area contributed by atoms with Crippen LogP contribution in [0.5, 0.6) is 5.75 Å². The minimum Gasteiger partial charge on any atom is -0.494 e. The van der Waals surface area contributed by atoms with E-state index >= 15 is 0 Å². The number of tetrazole rings is 1. The molecule has 2 aromatic carbocycles. The third-order valence-electron chi connectivity index (χ3n) is 7.16. The molecule has 1 amide bonds. The number of amides is 1. The molecular weight excluding hydrogens is 499 g/mol. The lowest BCUT2D eigenvalue weighted by atomic mass is 9.77. The Morgan fingerprint density at radius 3 is 2.55 bits per heavy atom. The Balaban J connectivity index is 1.46. The van der Waals surface area contributed by atoms with E-state index in [0.717, 1.165) is 27.8 Å². The number of aromatic nitrogens is 4. The molecule has 2 aliphatic rings. The molecular formula is C27H28F3N5O3. The summed E-state index contributed by atoms with van der Waals surface area (Å²) in [6.07, 6.45) is -3.40. The molecule has 0 fully saturated rings. The maximum Gasteiger partial charge on any atom is 0.389 e. The van der Waals surface area contributed by atoms with Gasteiger partial charge in [0.1, 0.15) is 5.75 Å². The van der Waals surface area contributed by atoms with Crippen molar-refractivity contribution in [2.24, 2.45) is 0 Å². The fourth-order valence-corrected chi connectivity index (χ4v) is 5.27. The van der Waals surface area contributed by atoms with Crippen molar-refractivity contribution in [1.29, 1.82) is 0 Å². The number of H-pyrrole nitrogens is 1. The molecule has 1 aromatic heterocycles. The van der Waals surface area contributed by atoms with Crippen LogP contribution in [-0.4, -0.2) is 44.4 Å². The fourth-order valence-electron chi connectivity index (χ4n) is 5.27. The van der Waals surface area contributed by atoms with Crippen molar-refractivity contribution in [2.45, 2.75) is 63.3 Å². The summed E-state index contributed by atoms with van der Waals surface area (Å²) >= 11 is 0. The van der Waals surface area contributed by atoms with E-state index in [1.165, 1.54) is 0 Å². The Bertz CT molecular complexity index is 1360. The Kier molecular flexibility index (Phi) is 6.50. The number of carbonyl (C=O) groups excluding carboxylic acids is 1. The van der Waals surface area contributed by atoms with Gasteiger partial charge in [-0.2, -0.15) is 18.4 Å². The number of nitrogens with zero attached hydrogens (tertiary/aromatic N) is 3. The highest BCUT2D eigenvalue weighted by Gasteiger charge is 2.46. The average Bonchev–Trinajstić information content (AvgIpc) is 3.49. The van der Waals surface area contributed by atoms with E-state index in [-0.39, 0.29) is 24.8 Å². The van der Waals surface area contributed by atoms with Crippen LogP contribution in [0, 0.1) is 0 Å². The van der Waals surface area contributed by atoms with Crippen molar-refractivity contribution < 1.29 is 27.8 Å². The average molecular weight is 528 g/mol. The van der Waals surface area contributed by atoms with E-state index in [9.17, 15) is 23.1 Å². The quantitative estimate of drug-likeness (QED) is 0.392. The number of halogens is 3. The predicted molar refractivity (Wildman–Crippen MR) is 133 cm³/mol. The molecule has 0 unspecified atom stereocenters. The number of aryl methyl sites for hydroxylation is 1. The van der Waals surface area contributed by atoms with Crippen LogP contribution in [0.2, 0.25) is 0 Å². The van der Waals surface area contributed by atoms with Gasteiger partial charge in [0.25, 0.3) is 5.91 Å². The summed E-state index contributed by atoms with van der Waals surface area (Å²) in [6, 6.07) is 12.9. The van der Waals surface area contributed by atoms with E-state index in [0.29, 0.717) is 30.6 Å². The molecule has 8 nitrogen and oxygen atoms in total. The minimum atomic E-state index is -4.20. The van der Waals surface area contributed by atoms with Gasteiger partial charge in [0.05, 0.1) is 23.3 Å². The van der Waals surface area contributed by atoms with E-state index in [1.54, 1.807) is 19.9 Å². The monoisotopic (exact) mass is 527 g/mol. The molecule has 0 saturated carbocycles. The minimum absolute atomic E-state index is 0.0260. The van der Waals surface area contributed by atoms with Crippen LogP contribution in [-0.2, 0) is 22.4 Å². The highest BCUT2D eigenvalue weighted by Crippen LogP contribution is 2.48. The van der Waals surface area contributed by atoms with E-state index in [1.807, 2.05) is 36.4 Å². The number of aromatic amines is 1. The molecule has 5 rings (SSSR count). The second-order valence-corrected chi connectivity index (χ2v) is 10.3. The number of ether oxygens (including phenoxy) is 1. The number of carbonyl (C=O) groups is 1. The van der Waals surface area contributed by atoms with E-state index in [2.05, 4.69) is 25.9 Å². The summed E-state index contributed by atoms with van der Waals surface area (Å²) in [5.74, 6) is 0.384. The second-order valence-electron chi connectivity index (χ2n) is 10.3. The van der Waals surface area contributed by atoms with E-state index < -0.39 is 23.7 Å². The SMILES string of the molecule is CC(C)(O)c1ccc(C2=C(c3nn[nH]n3)C(=O)N[C@@]3(CCc4cc(OCCCC(F)(F)F)ccc43)C2)cc1. The molecule has 38 heavy (non-hydrogen) atoms. The van der Waals surface area contributed by atoms with Crippen LogP contribution in [0.25, 0.3) is 11.1 Å². The van der Waals surface area contributed by atoms with Gasteiger partial charge in [0.15, 0.2) is 0 Å². The number of nitrogens with one attached hydrogen (secondary N) is 2. The molecule has 0 radical (unpaired) electrons. The summed E-state index contributed by atoms with van der Waals surface area (Å²) in [5.41, 5.74) is 2.90. The Hall–Kier alpha value is -3.73. The number of benzene rings is 2. The van der Waals surface area contributed by atoms with Gasteiger partial charge in [-0.15, -0.1) is 10.2 Å². The van der Waals surface area contributed by atoms with E-state index in [4.69, 9.17) is 4.74 Å². The highest BCUT2D eigenvalue weighted by atomic mass is 19.4. The maximum absolute atomic E-state index is 13.5. The number of alkyl halides is 3. The smallest absolute Gasteiger partial charge is 0.389 e. The topological polar surface area (TPSA) is 113 Å². The van der Waals surface area contributed by atoms with Gasteiger partial charge in [-0.05, 0) is 78.3 Å². The fraction of sp³-hybridized carbons (Fsp3) is 0.407. The standard InChI is InChI=1S/C27H28F3N5O3/c1-25(2,37)18-6-4-16(5-7-18)20-15-26(31-24(36)22(20)23-32-34-35-33-23)12-10-17-14-19(8-9-21(17)26)38-13-3-11-27(28,29)30/h4-9,14,37H,3,10-13,15H2,1-2H3,(H,31,36)(H,32,33,34,35)/t26-/m0/s1. The lowest BCUT2D eigenvalue weighted by Gasteiger charge is -2.37. The molecule has 3 aromatic rings. The first-order valence-electron chi connectivity index (χ1n) is 12.4. The molecule has 1 aliphatic carbocycles. The molecule has 2 heterocycles. The third kappa shape index (κ3) is 5.15. The maximum atomic E-state index is 13.5. The number of hydrogen-bond donors (Lipinski definition) is 3. The van der Waals surface area contributed by atoms with Crippen LogP contribution >= 0.6 is 0 Å². The number of hydrogen-bond acceptors (Lipinski definition) is 6. The van der Waals surface area contributed by atoms with Crippen molar-refractivity contribution in [1.82, 2.24) is 25.9 Å². The Morgan fingerprint density at radius 1 is 1.13 bits per heavy atom. The van der Waals surface area contributed by atoms with Crippen molar-refractivity contribution in [3.8, 4) is 5.75 Å². The Morgan fingerprint density at radius 2 is 1.89 bits per heavy atom. The molecule has 3 N–H and O–H groups in total. The summed E-state index contributed by atoms with van der Waals surface area (Å²) in [6.45, 7) is 3.39. The van der Waals surface area contributed by atoms with Crippen LogP contribution < -0.4 is 10.1 Å². The molecule has 0 bridgehead atoms. The van der Waals surface area contributed by atoms with Gasteiger partial charge < -0.3 is 15.2 Å². The van der Waals surface area contributed by atoms with Gasteiger partial charge in [-0.1, -0.05) is 30.3 Å². The molecule has 1 spiro atoms. The zero-order valence-corrected chi connectivity index (χ0v) is 21.0. The van der Waals surface area contributed by atoms with Crippen molar-refractivity contribution in [3.63, 3.8) is 0 Å². The molecule has 1 aliphatic heterocycles. The molecule has 200 valence electrons. The second kappa shape index (κ2) is 9.54. The zero-order valence-electron chi connectivity index (χ0n) is 21.0. The first-order valence-corrected chi connectivity index (χ1v) is 12.4. The van der Waals surface area contributed by atoms with Gasteiger partial charge >= 0.3 is 6.18 Å². The predicted octanol–water partition coefficient (Wildman–Crippen LogP) is 4.42. The van der Waals surface area contributed by atoms with Crippen LogP contribution in [0.3, 0.4) is 0 Å². The lowest BCUT2D eigenvalue weighted by molar-refractivity contribution is -0.136. The highest BCUT2D eigenvalue weighted by molar-refractivity contribution is 6.27. The lowest BCUT2D eigenvalue weighted by Crippen LogP contribution is -2.48.